The average molecular weight is 633 g/mol. The molecule has 0 aliphatic rings. The van der Waals surface area contributed by atoms with E-state index in [9.17, 15) is 14.3 Å². The van der Waals surface area contributed by atoms with E-state index >= 15 is 0 Å². The molecule has 2 aromatic heterocycles. The van der Waals surface area contributed by atoms with Crippen LogP contribution in [0.1, 0.15) is 64.3 Å². The van der Waals surface area contributed by atoms with Crippen LogP contribution in [0.15, 0.2) is 61.2 Å². The number of ether oxygens (including phenoxy) is 3. The number of methoxy groups -OCH3 is 1. The average Bonchev–Trinajstić information content (AvgIpc) is 3.44. The number of aryl methyl sites for hydroxylation is 1. The molecule has 1 atom stereocenters. The van der Waals surface area contributed by atoms with E-state index in [1.807, 2.05) is 58.0 Å². The van der Waals surface area contributed by atoms with Crippen molar-refractivity contribution in [1.82, 2.24) is 14.6 Å². The molecular weight excluding hydrogens is 587 g/mol. The second kappa shape index (κ2) is 15.3. The maximum absolute atomic E-state index is 13.7. The number of anilines is 1. The molecule has 4 aromatic rings. The largest absolute Gasteiger partial charge is 0.507 e. The second-order valence-corrected chi connectivity index (χ2v) is 12.2. The van der Waals surface area contributed by atoms with Crippen molar-refractivity contribution in [2.75, 3.05) is 38.3 Å². The number of halogens is 1. The lowest BCUT2D eigenvalue weighted by atomic mass is 10.0. The van der Waals surface area contributed by atoms with Crippen LogP contribution in [0, 0.1) is 12.7 Å². The Morgan fingerprint density at radius 3 is 2.54 bits per heavy atom. The molecule has 246 valence electrons. The number of rotatable bonds is 15. The molecule has 0 radical (unpaired) electrons. The number of phenols is 1. The van der Waals surface area contributed by atoms with Gasteiger partial charge in [-0.15, -0.1) is 6.58 Å². The van der Waals surface area contributed by atoms with Gasteiger partial charge in [0, 0.05) is 48.6 Å². The van der Waals surface area contributed by atoms with Crippen LogP contribution in [-0.4, -0.2) is 64.7 Å². The summed E-state index contributed by atoms with van der Waals surface area (Å²) in [5.74, 6) is -0.474. The number of aromatic hydroxyl groups is 1. The summed E-state index contributed by atoms with van der Waals surface area (Å²) in [5.41, 5.74) is 3.81. The number of hydrogen-bond acceptors (Lipinski definition) is 8. The van der Waals surface area contributed by atoms with Gasteiger partial charge in [-0.3, -0.25) is 0 Å². The van der Waals surface area contributed by atoms with Crippen molar-refractivity contribution in [3.05, 3.63) is 78.3 Å². The molecule has 0 fully saturated rings. The van der Waals surface area contributed by atoms with Gasteiger partial charge in [0.25, 0.3) is 0 Å². The summed E-state index contributed by atoms with van der Waals surface area (Å²) in [6.45, 7) is 15.8. The number of esters is 1. The SMILES string of the molecule is C=CCOCCCN(CCCC)c1c(C(OC(C)(C)C)C(=O)OC)c(C)nc2cc(-c3cccc(-c4ccc(F)cc4O)c3)nn12. The summed E-state index contributed by atoms with van der Waals surface area (Å²) in [7, 11) is 1.35. The van der Waals surface area contributed by atoms with Crippen LogP contribution in [0.3, 0.4) is 0 Å². The minimum Gasteiger partial charge on any atom is -0.507 e. The van der Waals surface area contributed by atoms with Crippen molar-refractivity contribution in [3.8, 4) is 28.1 Å². The first kappa shape index (κ1) is 34.6. The Morgan fingerprint density at radius 1 is 1.13 bits per heavy atom. The van der Waals surface area contributed by atoms with Gasteiger partial charge in [-0.2, -0.15) is 9.61 Å². The molecule has 0 aliphatic heterocycles. The standard InChI is InChI=1S/C36H45FN4O5/c1-8-10-17-40(18-12-20-45-19-9-2)34-32(33(35(43)44-7)46-36(4,5)6)24(3)38-31-23-29(39-41(31)34)26-14-11-13-25(21-26)28-16-15-27(37)22-30(28)42/h9,11,13-16,21-23,33,42H,2,8,10,12,17-20H2,1,3-7H3. The van der Waals surface area contributed by atoms with Crippen LogP contribution in [0.25, 0.3) is 28.0 Å². The molecule has 2 aromatic carbocycles. The number of hydrogen-bond donors (Lipinski definition) is 1. The summed E-state index contributed by atoms with van der Waals surface area (Å²) < 4.78 is 32.8. The Kier molecular flexibility index (Phi) is 11.5. The van der Waals surface area contributed by atoms with Gasteiger partial charge < -0.3 is 24.2 Å². The first-order valence-corrected chi connectivity index (χ1v) is 15.7. The minimum atomic E-state index is -1.05. The number of carbonyl (C=O) groups is 1. The smallest absolute Gasteiger partial charge is 0.339 e. The van der Waals surface area contributed by atoms with Crippen LogP contribution in [0.2, 0.25) is 0 Å². The lowest BCUT2D eigenvalue weighted by Crippen LogP contribution is -2.34. The fourth-order valence-electron chi connectivity index (χ4n) is 5.34. The van der Waals surface area contributed by atoms with Gasteiger partial charge in [-0.05, 0) is 64.3 Å². The monoisotopic (exact) mass is 632 g/mol. The molecule has 0 amide bonds. The highest BCUT2D eigenvalue weighted by Gasteiger charge is 2.35. The van der Waals surface area contributed by atoms with Gasteiger partial charge in [0.2, 0.25) is 0 Å². The number of fused-ring (bicyclic) bond motifs is 1. The highest BCUT2D eigenvalue weighted by atomic mass is 19.1. The quantitative estimate of drug-likeness (QED) is 0.0820. The second-order valence-electron chi connectivity index (χ2n) is 12.2. The molecule has 0 bridgehead atoms. The zero-order valence-corrected chi connectivity index (χ0v) is 27.7. The highest BCUT2D eigenvalue weighted by Crippen LogP contribution is 2.37. The lowest BCUT2D eigenvalue weighted by molar-refractivity contribution is -0.164. The fraction of sp³-hybridized carbons (Fsp3) is 0.417. The Hall–Kier alpha value is -4.28. The van der Waals surface area contributed by atoms with E-state index in [1.54, 1.807) is 16.7 Å². The van der Waals surface area contributed by atoms with Crippen molar-refractivity contribution in [2.24, 2.45) is 0 Å². The van der Waals surface area contributed by atoms with Crippen LogP contribution < -0.4 is 4.90 Å². The first-order chi connectivity index (χ1) is 22.0. The summed E-state index contributed by atoms with van der Waals surface area (Å²) in [4.78, 5) is 20.5. The van der Waals surface area contributed by atoms with Gasteiger partial charge >= 0.3 is 5.97 Å². The molecule has 0 saturated heterocycles. The summed E-state index contributed by atoms with van der Waals surface area (Å²) in [6, 6.07) is 13.4. The van der Waals surface area contributed by atoms with Crippen molar-refractivity contribution in [1.29, 1.82) is 0 Å². The third-order valence-corrected chi connectivity index (χ3v) is 7.42. The van der Waals surface area contributed by atoms with E-state index in [2.05, 4.69) is 18.4 Å². The van der Waals surface area contributed by atoms with Crippen LogP contribution in [0.5, 0.6) is 5.75 Å². The number of unbranched alkanes of at least 4 members (excludes halogenated alkanes) is 1. The third kappa shape index (κ3) is 8.30. The first-order valence-electron chi connectivity index (χ1n) is 15.7. The molecule has 1 unspecified atom stereocenters. The number of carbonyl (C=O) groups excluding carboxylic acids is 1. The normalized spacial score (nSPS) is 12.3. The Labute approximate surface area is 270 Å². The lowest BCUT2D eigenvalue weighted by Gasteiger charge is -2.32. The van der Waals surface area contributed by atoms with E-state index in [1.165, 1.54) is 13.2 Å². The van der Waals surface area contributed by atoms with E-state index in [4.69, 9.17) is 24.3 Å². The van der Waals surface area contributed by atoms with Crippen molar-refractivity contribution >= 4 is 17.4 Å². The molecule has 0 aliphatic carbocycles. The maximum Gasteiger partial charge on any atom is 0.339 e. The number of aromatic nitrogens is 3. The zero-order valence-electron chi connectivity index (χ0n) is 27.7. The summed E-state index contributed by atoms with van der Waals surface area (Å²) in [5, 5.41) is 15.5. The number of phenolic OH excluding ortho intramolecular Hbond substituents is 1. The Morgan fingerprint density at radius 2 is 1.87 bits per heavy atom. The zero-order chi connectivity index (χ0) is 33.4. The molecule has 46 heavy (non-hydrogen) atoms. The van der Waals surface area contributed by atoms with Gasteiger partial charge in [-0.25, -0.2) is 14.2 Å². The van der Waals surface area contributed by atoms with E-state index in [0.717, 1.165) is 30.9 Å². The molecule has 10 heteroatoms. The van der Waals surface area contributed by atoms with Crippen LogP contribution in [0.4, 0.5) is 10.2 Å². The highest BCUT2D eigenvalue weighted by molar-refractivity contribution is 5.81. The van der Waals surface area contributed by atoms with Gasteiger partial charge in [0.15, 0.2) is 11.8 Å². The van der Waals surface area contributed by atoms with E-state index in [-0.39, 0.29) is 5.75 Å². The summed E-state index contributed by atoms with van der Waals surface area (Å²) >= 11 is 0. The molecule has 0 saturated carbocycles. The van der Waals surface area contributed by atoms with Crippen molar-refractivity contribution in [3.63, 3.8) is 0 Å². The van der Waals surface area contributed by atoms with Gasteiger partial charge in [0.05, 0.1) is 30.6 Å². The molecular formula is C36H45FN4O5. The van der Waals surface area contributed by atoms with Crippen molar-refractivity contribution < 1.29 is 28.5 Å². The minimum absolute atomic E-state index is 0.146. The topological polar surface area (TPSA) is 98.4 Å². The predicted octanol–water partition coefficient (Wildman–Crippen LogP) is 7.44. The molecule has 1 N–H and O–H groups in total. The summed E-state index contributed by atoms with van der Waals surface area (Å²) in [6.07, 6.45) is 3.30. The van der Waals surface area contributed by atoms with Gasteiger partial charge in [-0.1, -0.05) is 37.6 Å². The van der Waals surface area contributed by atoms with Crippen LogP contribution in [-0.2, 0) is 19.0 Å². The number of nitrogens with zero attached hydrogens (tertiary/aromatic N) is 4. The number of benzene rings is 2. The molecule has 2 heterocycles. The molecule has 0 spiro atoms. The molecule has 9 nitrogen and oxygen atoms in total. The Bertz CT molecular complexity index is 1660. The molecule has 4 rings (SSSR count). The van der Waals surface area contributed by atoms with E-state index in [0.29, 0.717) is 65.8 Å². The van der Waals surface area contributed by atoms with E-state index < -0.39 is 23.5 Å². The third-order valence-electron chi connectivity index (χ3n) is 7.42. The van der Waals surface area contributed by atoms with Crippen molar-refractivity contribution in [2.45, 2.75) is 65.6 Å². The Balaban J connectivity index is 1.92. The maximum atomic E-state index is 13.7. The van der Waals surface area contributed by atoms with Crippen LogP contribution >= 0.6 is 0 Å². The van der Waals surface area contributed by atoms with Gasteiger partial charge in [0.1, 0.15) is 17.4 Å². The predicted molar refractivity (Wildman–Crippen MR) is 179 cm³/mol. The fourth-order valence-corrected chi connectivity index (χ4v) is 5.34.